The number of hydrogen-bond donors (Lipinski definition) is 2. The van der Waals surface area contributed by atoms with E-state index in [1.165, 1.54) is 0 Å². The Bertz CT molecular complexity index is 380. The van der Waals surface area contributed by atoms with Crippen LogP contribution in [0, 0.1) is 0 Å². The fraction of sp³-hybridized carbons (Fsp3) is 0.364. The highest BCUT2D eigenvalue weighted by Crippen LogP contribution is 2.27. The van der Waals surface area contributed by atoms with E-state index < -0.39 is 0 Å². The van der Waals surface area contributed by atoms with Crippen LogP contribution in [-0.4, -0.2) is 19.1 Å². The first-order chi connectivity index (χ1) is 7.52. The lowest BCUT2D eigenvalue weighted by Crippen LogP contribution is -2.23. The quantitative estimate of drug-likeness (QED) is 0.891. The minimum Gasteiger partial charge on any atom is -0.496 e. The SMILES string of the molecule is COc1ccc(NC(=O)CC(C)N)cc1Br. The van der Waals surface area contributed by atoms with Gasteiger partial charge in [-0.05, 0) is 41.1 Å². The molecule has 4 nitrogen and oxygen atoms in total. The van der Waals surface area contributed by atoms with Gasteiger partial charge in [0.15, 0.2) is 0 Å². The molecule has 16 heavy (non-hydrogen) atoms. The third-order valence-electron chi connectivity index (χ3n) is 1.94. The largest absolute Gasteiger partial charge is 0.496 e. The summed E-state index contributed by atoms with van der Waals surface area (Å²) in [4.78, 5) is 11.5. The monoisotopic (exact) mass is 286 g/mol. The lowest BCUT2D eigenvalue weighted by molar-refractivity contribution is -0.116. The first-order valence-corrected chi connectivity index (χ1v) is 5.71. The van der Waals surface area contributed by atoms with Gasteiger partial charge in [0.05, 0.1) is 11.6 Å². The molecule has 0 saturated carbocycles. The van der Waals surface area contributed by atoms with Crippen LogP contribution < -0.4 is 15.8 Å². The number of carbonyl (C=O) groups is 1. The van der Waals surface area contributed by atoms with Crippen LogP contribution >= 0.6 is 15.9 Å². The summed E-state index contributed by atoms with van der Waals surface area (Å²) in [5, 5.41) is 2.76. The van der Waals surface area contributed by atoms with Crippen molar-refractivity contribution in [2.75, 3.05) is 12.4 Å². The van der Waals surface area contributed by atoms with Crippen molar-refractivity contribution in [1.29, 1.82) is 0 Å². The topological polar surface area (TPSA) is 64.3 Å². The van der Waals surface area contributed by atoms with E-state index in [0.29, 0.717) is 6.42 Å². The van der Waals surface area contributed by atoms with E-state index in [9.17, 15) is 4.79 Å². The summed E-state index contributed by atoms with van der Waals surface area (Å²) >= 11 is 3.35. The van der Waals surface area contributed by atoms with Gasteiger partial charge in [0.1, 0.15) is 5.75 Å². The molecule has 0 fully saturated rings. The van der Waals surface area contributed by atoms with Gasteiger partial charge in [-0.15, -0.1) is 0 Å². The van der Waals surface area contributed by atoms with E-state index in [1.54, 1.807) is 32.2 Å². The molecule has 0 heterocycles. The predicted molar refractivity (Wildman–Crippen MR) is 67.6 cm³/mol. The molecule has 5 heteroatoms. The molecule has 0 bridgehead atoms. The Morgan fingerprint density at radius 1 is 1.62 bits per heavy atom. The van der Waals surface area contributed by atoms with Crippen molar-refractivity contribution in [1.82, 2.24) is 0 Å². The molecule has 88 valence electrons. The van der Waals surface area contributed by atoms with Crippen molar-refractivity contribution in [2.24, 2.45) is 5.73 Å². The maximum Gasteiger partial charge on any atom is 0.225 e. The third-order valence-corrected chi connectivity index (χ3v) is 2.56. The van der Waals surface area contributed by atoms with E-state index >= 15 is 0 Å². The zero-order valence-corrected chi connectivity index (χ0v) is 10.9. The number of ether oxygens (including phenoxy) is 1. The van der Waals surface area contributed by atoms with Crippen molar-refractivity contribution < 1.29 is 9.53 Å². The molecule has 0 aliphatic heterocycles. The van der Waals surface area contributed by atoms with E-state index in [0.717, 1.165) is 15.9 Å². The normalized spacial score (nSPS) is 12.0. The number of hydrogen-bond acceptors (Lipinski definition) is 3. The first-order valence-electron chi connectivity index (χ1n) is 4.92. The number of nitrogens with one attached hydrogen (secondary N) is 1. The Hall–Kier alpha value is -1.07. The van der Waals surface area contributed by atoms with E-state index in [1.807, 2.05) is 0 Å². The van der Waals surface area contributed by atoms with E-state index in [4.69, 9.17) is 10.5 Å². The molecular weight excluding hydrogens is 272 g/mol. The van der Waals surface area contributed by atoms with Crippen LogP contribution in [0.5, 0.6) is 5.75 Å². The van der Waals surface area contributed by atoms with Gasteiger partial charge in [0.2, 0.25) is 5.91 Å². The van der Waals surface area contributed by atoms with Crippen LogP contribution in [0.2, 0.25) is 0 Å². The second-order valence-electron chi connectivity index (χ2n) is 3.58. The van der Waals surface area contributed by atoms with Crippen molar-refractivity contribution in [3.8, 4) is 5.75 Å². The lowest BCUT2D eigenvalue weighted by atomic mass is 10.2. The maximum atomic E-state index is 11.5. The standard InChI is InChI=1S/C11H15BrN2O2/c1-7(13)5-11(15)14-8-3-4-10(16-2)9(12)6-8/h3-4,6-7H,5,13H2,1-2H3,(H,14,15). The van der Waals surface area contributed by atoms with Crippen LogP contribution in [0.1, 0.15) is 13.3 Å². The summed E-state index contributed by atoms with van der Waals surface area (Å²) in [6.07, 6.45) is 0.309. The van der Waals surface area contributed by atoms with Crippen LogP contribution in [0.25, 0.3) is 0 Å². The van der Waals surface area contributed by atoms with Gasteiger partial charge in [0, 0.05) is 18.2 Å². The molecule has 0 aromatic heterocycles. The molecule has 0 aliphatic rings. The number of rotatable bonds is 4. The Kier molecular flexibility index (Phi) is 4.76. The Morgan fingerprint density at radius 2 is 2.31 bits per heavy atom. The summed E-state index contributed by atoms with van der Waals surface area (Å²) in [5.41, 5.74) is 6.25. The molecule has 1 aromatic rings. The zero-order valence-electron chi connectivity index (χ0n) is 9.29. The summed E-state index contributed by atoms with van der Waals surface area (Å²) in [5.74, 6) is 0.636. The van der Waals surface area contributed by atoms with Crippen LogP contribution in [0.3, 0.4) is 0 Å². The summed E-state index contributed by atoms with van der Waals surface area (Å²) < 4.78 is 5.89. The van der Waals surface area contributed by atoms with Gasteiger partial charge in [-0.1, -0.05) is 0 Å². The summed E-state index contributed by atoms with van der Waals surface area (Å²) in [7, 11) is 1.59. The Labute approximate surface area is 103 Å². The summed E-state index contributed by atoms with van der Waals surface area (Å²) in [6.45, 7) is 1.80. The molecule has 0 saturated heterocycles. The lowest BCUT2D eigenvalue weighted by Gasteiger charge is -2.09. The molecule has 1 atom stereocenters. The van der Waals surface area contributed by atoms with Crippen LogP contribution in [0.4, 0.5) is 5.69 Å². The average molecular weight is 287 g/mol. The molecule has 0 radical (unpaired) electrons. The minimum absolute atomic E-state index is 0.0907. The number of benzene rings is 1. The van der Waals surface area contributed by atoms with Gasteiger partial charge in [0.25, 0.3) is 0 Å². The fourth-order valence-electron chi connectivity index (χ4n) is 1.25. The molecule has 1 amide bonds. The van der Waals surface area contributed by atoms with E-state index in [-0.39, 0.29) is 11.9 Å². The van der Waals surface area contributed by atoms with Gasteiger partial charge in [-0.3, -0.25) is 4.79 Å². The van der Waals surface area contributed by atoms with Crippen molar-refractivity contribution in [2.45, 2.75) is 19.4 Å². The number of amides is 1. The molecular formula is C11H15BrN2O2. The third kappa shape index (κ3) is 3.83. The van der Waals surface area contributed by atoms with Gasteiger partial charge in [-0.25, -0.2) is 0 Å². The number of nitrogens with two attached hydrogens (primary N) is 1. The number of halogens is 1. The second kappa shape index (κ2) is 5.86. The molecule has 0 spiro atoms. The second-order valence-corrected chi connectivity index (χ2v) is 4.43. The molecule has 1 aromatic carbocycles. The highest BCUT2D eigenvalue weighted by molar-refractivity contribution is 9.10. The Morgan fingerprint density at radius 3 is 2.81 bits per heavy atom. The number of methoxy groups -OCH3 is 1. The van der Waals surface area contributed by atoms with Crippen molar-refractivity contribution >= 4 is 27.5 Å². The first kappa shape index (κ1) is 13.0. The Balaban J connectivity index is 2.68. The predicted octanol–water partition coefficient (Wildman–Crippen LogP) is 2.13. The van der Waals surface area contributed by atoms with Crippen LogP contribution in [0.15, 0.2) is 22.7 Å². The smallest absolute Gasteiger partial charge is 0.225 e. The average Bonchev–Trinajstić information content (AvgIpc) is 2.16. The molecule has 0 aliphatic carbocycles. The fourth-order valence-corrected chi connectivity index (χ4v) is 1.79. The van der Waals surface area contributed by atoms with Gasteiger partial charge in [-0.2, -0.15) is 0 Å². The van der Waals surface area contributed by atoms with Crippen molar-refractivity contribution in [3.05, 3.63) is 22.7 Å². The highest BCUT2D eigenvalue weighted by atomic mass is 79.9. The maximum absolute atomic E-state index is 11.5. The van der Waals surface area contributed by atoms with E-state index in [2.05, 4.69) is 21.2 Å². The highest BCUT2D eigenvalue weighted by Gasteiger charge is 2.07. The number of anilines is 1. The van der Waals surface area contributed by atoms with Gasteiger partial charge < -0.3 is 15.8 Å². The summed E-state index contributed by atoms with van der Waals surface area (Å²) in [6, 6.07) is 5.22. The van der Waals surface area contributed by atoms with Crippen LogP contribution in [-0.2, 0) is 4.79 Å². The zero-order chi connectivity index (χ0) is 12.1. The van der Waals surface area contributed by atoms with Crippen molar-refractivity contribution in [3.63, 3.8) is 0 Å². The molecule has 1 rings (SSSR count). The molecule has 1 unspecified atom stereocenters. The number of carbonyl (C=O) groups excluding carboxylic acids is 1. The molecule has 3 N–H and O–H groups in total. The van der Waals surface area contributed by atoms with Gasteiger partial charge >= 0.3 is 0 Å². The minimum atomic E-state index is -0.137.